The molecule has 8 nitrogen and oxygen atoms in total. The molecule has 2 heterocycles. The number of carbonyl (C=O) groups excluding carboxylic acids is 1. The molecule has 34 heavy (non-hydrogen) atoms. The molecule has 0 saturated heterocycles. The number of carbonyl (C=O) groups is 1. The van der Waals surface area contributed by atoms with Gasteiger partial charge in [0.25, 0.3) is 5.91 Å². The van der Waals surface area contributed by atoms with Crippen molar-refractivity contribution in [2.24, 2.45) is 0 Å². The molecule has 3 aromatic carbocycles. The Morgan fingerprint density at radius 1 is 1.03 bits per heavy atom. The fourth-order valence-electron chi connectivity index (χ4n) is 3.67. The van der Waals surface area contributed by atoms with Gasteiger partial charge in [0.2, 0.25) is 0 Å². The molecule has 5 rings (SSSR count). The summed E-state index contributed by atoms with van der Waals surface area (Å²) in [5, 5.41) is 14.7. The normalized spacial score (nSPS) is 10.9. The van der Waals surface area contributed by atoms with Gasteiger partial charge in [0.1, 0.15) is 11.6 Å². The van der Waals surface area contributed by atoms with Gasteiger partial charge in [0.05, 0.1) is 35.3 Å². The third-order valence-corrected chi connectivity index (χ3v) is 5.41. The first-order chi connectivity index (χ1) is 16.5. The van der Waals surface area contributed by atoms with Crippen molar-refractivity contribution < 1.29 is 13.9 Å². The number of nitrogens with zero attached hydrogens (tertiary/aromatic N) is 5. The lowest BCUT2D eigenvalue weighted by Crippen LogP contribution is -2.15. The van der Waals surface area contributed by atoms with E-state index in [1.54, 1.807) is 20.1 Å². The SMILES string of the molecule is COc1ccc(-c2cc(C(=O)Nc3cc(-n4nnnc4C)ccc3F)c3ccccc3n2)cc1. The van der Waals surface area contributed by atoms with E-state index in [1.165, 1.54) is 22.9 Å². The highest BCUT2D eigenvalue weighted by Gasteiger charge is 2.17. The molecule has 0 spiro atoms. The zero-order valence-electron chi connectivity index (χ0n) is 18.4. The van der Waals surface area contributed by atoms with E-state index >= 15 is 0 Å². The van der Waals surface area contributed by atoms with Crippen molar-refractivity contribution in [2.75, 3.05) is 12.4 Å². The maximum atomic E-state index is 14.6. The molecule has 0 fully saturated rings. The number of hydrogen-bond donors (Lipinski definition) is 1. The summed E-state index contributed by atoms with van der Waals surface area (Å²) in [7, 11) is 1.60. The van der Waals surface area contributed by atoms with Gasteiger partial charge in [0, 0.05) is 10.9 Å². The third-order valence-electron chi connectivity index (χ3n) is 5.41. The highest BCUT2D eigenvalue weighted by molar-refractivity contribution is 6.13. The summed E-state index contributed by atoms with van der Waals surface area (Å²) in [5.74, 6) is 0.221. The van der Waals surface area contributed by atoms with Crippen molar-refractivity contribution in [1.29, 1.82) is 0 Å². The molecular weight excluding hydrogens is 435 g/mol. The zero-order valence-corrected chi connectivity index (χ0v) is 18.4. The number of rotatable bonds is 5. The first kappa shape index (κ1) is 21.2. The fraction of sp³-hybridized carbons (Fsp3) is 0.0800. The lowest BCUT2D eigenvalue weighted by Gasteiger charge is -2.12. The van der Waals surface area contributed by atoms with E-state index < -0.39 is 11.7 Å². The van der Waals surface area contributed by atoms with Crippen LogP contribution in [-0.4, -0.2) is 38.2 Å². The van der Waals surface area contributed by atoms with E-state index in [4.69, 9.17) is 9.72 Å². The van der Waals surface area contributed by atoms with Crippen LogP contribution in [0.15, 0.2) is 72.8 Å². The predicted molar refractivity (Wildman–Crippen MR) is 126 cm³/mol. The molecule has 168 valence electrons. The van der Waals surface area contributed by atoms with Gasteiger partial charge >= 0.3 is 0 Å². The second kappa shape index (κ2) is 8.70. The Hall–Kier alpha value is -4.66. The van der Waals surface area contributed by atoms with Crippen LogP contribution in [0.25, 0.3) is 27.8 Å². The van der Waals surface area contributed by atoms with Gasteiger partial charge in [-0.15, -0.1) is 5.10 Å². The van der Waals surface area contributed by atoms with Crippen molar-refractivity contribution in [2.45, 2.75) is 6.92 Å². The number of aryl methyl sites for hydroxylation is 1. The Kier molecular flexibility index (Phi) is 5.43. The molecule has 0 aliphatic carbocycles. The Morgan fingerprint density at radius 2 is 1.82 bits per heavy atom. The number of aromatic nitrogens is 5. The maximum absolute atomic E-state index is 14.6. The number of anilines is 1. The molecule has 2 aromatic heterocycles. The number of ether oxygens (including phenoxy) is 1. The molecule has 0 radical (unpaired) electrons. The Bertz CT molecular complexity index is 1510. The average molecular weight is 454 g/mol. The third kappa shape index (κ3) is 3.95. The van der Waals surface area contributed by atoms with E-state index in [1.807, 2.05) is 48.5 Å². The summed E-state index contributed by atoms with van der Waals surface area (Å²) in [5.41, 5.74) is 3.01. The minimum Gasteiger partial charge on any atom is -0.497 e. The van der Waals surface area contributed by atoms with E-state index in [2.05, 4.69) is 20.8 Å². The van der Waals surface area contributed by atoms with Crippen molar-refractivity contribution in [3.8, 4) is 22.7 Å². The second-order valence-corrected chi connectivity index (χ2v) is 7.56. The largest absolute Gasteiger partial charge is 0.497 e. The van der Waals surface area contributed by atoms with Crippen molar-refractivity contribution in [3.05, 3.63) is 90.0 Å². The summed E-state index contributed by atoms with van der Waals surface area (Å²) < 4.78 is 21.3. The van der Waals surface area contributed by atoms with Crippen LogP contribution in [0, 0.1) is 12.7 Å². The molecule has 0 bridgehead atoms. The molecular formula is C25H19FN6O2. The molecule has 5 aromatic rings. The van der Waals surface area contributed by atoms with Crippen LogP contribution in [0.5, 0.6) is 5.75 Å². The van der Waals surface area contributed by atoms with Crippen LogP contribution in [-0.2, 0) is 0 Å². The average Bonchev–Trinajstić information content (AvgIpc) is 3.30. The number of halogens is 1. The van der Waals surface area contributed by atoms with Crippen LogP contribution in [0.2, 0.25) is 0 Å². The molecule has 1 amide bonds. The van der Waals surface area contributed by atoms with E-state index in [9.17, 15) is 9.18 Å². The zero-order chi connectivity index (χ0) is 23.7. The molecule has 0 atom stereocenters. The van der Waals surface area contributed by atoms with Crippen molar-refractivity contribution in [3.63, 3.8) is 0 Å². The number of tetrazole rings is 1. The molecule has 0 saturated carbocycles. The lowest BCUT2D eigenvalue weighted by molar-refractivity contribution is 0.102. The number of para-hydroxylation sites is 1. The first-order valence-electron chi connectivity index (χ1n) is 10.4. The van der Waals surface area contributed by atoms with Gasteiger partial charge in [-0.1, -0.05) is 18.2 Å². The number of pyridine rings is 1. The number of hydrogen-bond acceptors (Lipinski definition) is 6. The fourth-order valence-corrected chi connectivity index (χ4v) is 3.67. The summed E-state index contributed by atoms with van der Waals surface area (Å²) >= 11 is 0. The summed E-state index contributed by atoms with van der Waals surface area (Å²) in [6.07, 6.45) is 0. The number of methoxy groups -OCH3 is 1. The highest BCUT2D eigenvalue weighted by atomic mass is 19.1. The topological polar surface area (TPSA) is 94.8 Å². The predicted octanol–water partition coefficient (Wildman–Crippen LogP) is 4.59. The van der Waals surface area contributed by atoms with Crippen LogP contribution >= 0.6 is 0 Å². The monoisotopic (exact) mass is 454 g/mol. The van der Waals surface area contributed by atoms with Gasteiger partial charge < -0.3 is 10.1 Å². The number of nitrogens with one attached hydrogen (secondary N) is 1. The van der Waals surface area contributed by atoms with E-state index in [0.29, 0.717) is 33.7 Å². The Balaban J connectivity index is 1.55. The van der Waals surface area contributed by atoms with E-state index in [-0.39, 0.29) is 5.69 Å². The standard InChI is InChI=1S/C25H19FN6O2/c1-15-29-30-31-32(15)17-9-12-21(26)24(13-17)28-25(33)20-14-23(16-7-10-18(34-2)11-8-16)27-22-6-4-3-5-19(20)22/h3-14H,1-2H3,(H,28,33). The van der Waals surface area contributed by atoms with Crippen molar-refractivity contribution in [1.82, 2.24) is 25.2 Å². The van der Waals surface area contributed by atoms with Crippen LogP contribution in [0.1, 0.15) is 16.2 Å². The molecule has 0 aliphatic heterocycles. The summed E-state index contributed by atoms with van der Waals surface area (Å²) in [6, 6.07) is 20.7. The quantitative estimate of drug-likeness (QED) is 0.418. The molecule has 0 unspecified atom stereocenters. The first-order valence-corrected chi connectivity index (χ1v) is 10.4. The Labute approximate surface area is 194 Å². The molecule has 0 aliphatic rings. The molecule has 1 N–H and O–H groups in total. The van der Waals surface area contributed by atoms with Gasteiger partial charge in [-0.05, 0) is 71.9 Å². The van der Waals surface area contributed by atoms with Gasteiger partial charge in [-0.2, -0.15) is 4.68 Å². The number of fused-ring (bicyclic) bond motifs is 1. The summed E-state index contributed by atoms with van der Waals surface area (Å²) in [4.78, 5) is 18.1. The summed E-state index contributed by atoms with van der Waals surface area (Å²) in [6.45, 7) is 1.73. The maximum Gasteiger partial charge on any atom is 0.256 e. The highest BCUT2D eigenvalue weighted by Crippen LogP contribution is 2.28. The minimum atomic E-state index is -0.573. The van der Waals surface area contributed by atoms with E-state index in [0.717, 1.165) is 11.3 Å². The number of amides is 1. The van der Waals surface area contributed by atoms with Gasteiger partial charge in [-0.3, -0.25) is 4.79 Å². The second-order valence-electron chi connectivity index (χ2n) is 7.56. The van der Waals surface area contributed by atoms with Crippen molar-refractivity contribution >= 4 is 22.5 Å². The smallest absolute Gasteiger partial charge is 0.256 e. The Morgan fingerprint density at radius 3 is 2.56 bits per heavy atom. The van der Waals surface area contributed by atoms with Gasteiger partial charge in [-0.25, -0.2) is 9.37 Å². The van der Waals surface area contributed by atoms with Crippen LogP contribution in [0.3, 0.4) is 0 Å². The van der Waals surface area contributed by atoms with Gasteiger partial charge in [0.15, 0.2) is 5.82 Å². The number of benzene rings is 3. The van der Waals surface area contributed by atoms with Crippen LogP contribution < -0.4 is 10.1 Å². The molecule has 9 heteroatoms. The lowest BCUT2D eigenvalue weighted by atomic mass is 10.0. The minimum absolute atomic E-state index is 0.0179. The van der Waals surface area contributed by atoms with Crippen LogP contribution in [0.4, 0.5) is 10.1 Å².